The van der Waals surface area contributed by atoms with Crippen LogP contribution in [0.1, 0.15) is 18.9 Å². The van der Waals surface area contributed by atoms with Crippen LogP contribution in [-0.4, -0.2) is 44.1 Å². The summed E-state index contributed by atoms with van der Waals surface area (Å²) in [5, 5.41) is 6.73. The molecule has 1 aliphatic heterocycles. The summed E-state index contributed by atoms with van der Waals surface area (Å²) in [5.41, 5.74) is 7.67. The Kier molecular flexibility index (Phi) is 7.65. The molecule has 0 saturated carbocycles. The van der Waals surface area contributed by atoms with Crippen molar-refractivity contribution >= 4 is 17.6 Å². The Labute approximate surface area is 177 Å². The maximum Gasteiger partial charge on any atom is 0.222 e. The molecule has 0 radical (unpaired) electrons. The highest BCUT2D eigenvalue weighted by Crippen LogP contribution is 2.19. The maximum atomic E-state index is 13.1. The van der Waals surface area contributed by atoms with Crippen molar-refractivity contribution in [1.29, 1.82) is 0 Å². The molecule has 6 nitrogen and oxygen atoms in total. The lowest BCUT2D eigenvalue weighted by Gasteiger charge is -2.20. The number of para-hydroxylation sites is 1. The van der Waals surface area contributed by atoms with Crippen LogP contribution in [0.4, 0.5) is 10.1 Å². The number of benzene rings is 2. The Bertz CT molecular complexity index is 840. The van der Waals surface area contributed by atoms with Crippen LogP contribution in [0.2, 0.25) is 0 Å². The van der Waals surface area contributed by atoms with E-state index in [-0.39, 0.29) is 18.4 Å². The summed E-state index contributed by atoms with van der Waals surface area (Å²) in [6.07, 6.45) is 1.44. The fraction of sp³-hybridized carbons (Fsp3) is 0.391. The zero-order valence-corrected chi connectivity index (χ0v) is 17.4. The van der Waals surface area contributed by atoms with Crippen LogP contribution in [-0.2, 0) is 11.2 Å². The highest BCUT2D eigenvalue weighted by atomic mass is 19.1. The van der Waals surface area contributed by atoms with E-state index >= 15 is 0 Å². The number of guanidine groups is 1. The van der Waals surface area contributed by atoms with E-state index in [0.717, 1.165) is 31.6 Å². The molecule has 2 unspecified atom stereocenters. The average molecular weight is 412 g/mol. The molecule has 0 aromatic heterocycles. The third-order valence-corrected chi connectivity index (χ3v) is 5.26. The standard InChI is InChI=1S/C23H30FN5O/c1-2-26-23(28-20-12-13-29(16-20)21-6-4-3-5-7-21)27-15-18(22(25)30)14-17-8-10-19(24)11-9-17/h3-11,18,20H,2,12-16H2,1H3,(H2,25,30)(H2,26,27,28). The number of nitrogens with one attached hydrogen (secondary N) is 2. The second kappa shape index (κ2) is 10.6. The highest BCUT2D eigenvalue weighted by molar-refractivity contribution is 5.81. The molecule has 7 heteroatoms. The van der Waals surface area contributed by atoms with Gasteiger partial charge in [-0.05, 0) is 49.6 Å². The van der Waals surface area contributed by atoms with Crippen LogP contribution >= 0.6 is 0 Å². The molecular formula is C23H30FN5O. The maximum absolute atomic E-state index is 13.1. The van der Waals surface area contributed by atoms with Crippen molar-refractivity contribution in [3.63, 3.8) is 0 Å². The summed E-state index contributed by atoms with van der Waals surface area (Å²) < 4.78 is 13.1. The number of amides is 1. The first-order valence-electron chi connectivity index (χ1n) is 10.4. The fourth-order valence-corrected chi connectivity index (χ4v) is 3.63. The van der Waals surface area contributed by atoms with Gasteiger partial charge in [0, 0.05) is 31.4 Å². The molecule has 1 aliphatic rings. The van der Waals surface area contributed by atoms with E-state index in [1.165, 1.54) is 17.8 Å². The van der Waals surface area contributed by atoms with E-state index in [0.29, 0.717) is 12.4 Å². The number of carbonyl (C=O) groups is 1. The molecule has 2 atom stereocenters. The quantitative estimate of drug-likeness (QED) is 0.460. The molecule has 2 aromatic carbocycles. The van der Waals surface area contributed by atoms with Crippen molar-refractivity contribution in [2.75, 3.05) is 31.1 Å². The van der Waals surface area contributed by atoms with E-state index in [2.05, 4.69) is 32.7 Å². The van der Waals surface area contributed by atoms with E-state index in [1.807, 2.05) is 25.1 Å². The third kappa shape index (κ3) is 6.20. The average Bonchev–Trinajstić information content (AvgIpc) is 3.21. The van der Waals surface area contributed by atoms with Gasteiger partial charge in [-0.15, -0.1) is 0 Å². The van der Waals surface area contributed by atoms with Crippen molar-refractivity contribution in [1.82, 2.24) is 10.6 Å². The van der Waals surface area contributed by atoms with Gasteiger partial charge < -0.3 is 21.3 Å². The van der Waals surface area contributed by atoms with Gasteiger partial charge >= 0.3 is 0 Å². The number of nitrogens with two attached hydrogens (primary N) is 1. The number of nitrogens with zero attached hydrogens (tertiary/aromatic N) is 2. The number of anilines is 1. The molecule has 30 heavy (non-hydrogen) atoms. The van der Waals surface area contributed by atoms with Crippen molar-refractivity contribution in [2.45, 2.75) is 25.8 Å². The second-order valence-corrected chi connectivity index (χ2v) is 7.56. The van der Waals surface area contributed by atoms with Crippen molar-refractivity contribution < 1.29 is 9.18 Å². The van der Waals surface area contributed by atoms with E-state index < -0.39 is 11.8 Å². The van der Waals surface area contributed by atoms with E-state index in [9.17, 15) is 9.18 Å². The van der Waals surface area contributed by atoms with Gasteiger partial charge in [0.25, 0.3) is 0 Å². The predicted octanol–water partition coefficient (Wildman–Crippen LogP) is 2.30. The van der Waals surface area contributed by atoms with E-state index in [4.69, 9.17) is 5.73 Å². The number of primary amides is 1. The van der Waals surface area contributed by atoms with Crippen LogP contribution in [0.5, 0.6) is 0 Å². The molecule has 1 saturated heterocycles. The molecular weight excluding hydrogens is 381 g/mol. The van der Waals surface area contributed by atoms with Crippen LogP contribution < -0.4 is 21.3 Å². The van der Waals surface area contributed by atoms with Gasteiger partial charge in [0.15, 0.2) is 5.96 Å². The number of halogens is 1. The van der Waals surface area contributed by atoms with Crippen molar-refractivity contribution in [3.8, 4) is 0 Å². The van der Waals surface area contributed by atoms with Crippen LogP contribution in [0.15, 0.2) is 59.6 Å². The SMILES string of the molecule is CCNC(=NCC(Cc1ccc(F)cc1)C(N)=O)NC1CCN(c2ccccc2)C1. The molecule has 2 aromatic rings. The Hall–Kier alpha value is -3.09. The van der Waals surface area contributed by atoms with Crippen LogP contribution in [0, 0.1) is 11.7 Å². The summed E-state index contributed by atoms with van der Waals surface area (Å²) in [4.78, 5) is 18.9. The molecule has 0 spiro atoms. The van der Waals surface area contributed by atoms with Gasteiger partial charge in [0.1, 0.15) is 5.82 Å². The summed E-state index contributed by atoms with van der Waals surface area (Å²) in [6, 6.07) is 16.8. The monoisotopic (exact) mass is 411 g/mol. The lowest BCUT2D eigenvalue weighted by atomic mass is 9.99. The zero-order valence-electron chi connectivity index (χ0n) is 17.4. The van der Waals surface area contributed by atoms with Crippen molar-refractivity contribution in [3.05, 3.63) is 66.0 Å². The molecule has 4 N–H and O–H groups in total. The van der Waals surface area contributed by atoms with Crippen molar-refractivity contribution in [2.24, 2.45) is 16.6 Å². The van der Waals surface area contributed by atoms with Crippen LogP contribution in [0.25, 0.3) is 0 Å². The Morgan fingerprint density at radius 2 is 1.97 bits per heavy atom. The predicted molar refractivity (Wildman–Crippen MR) is 119 cm³/mol. The number of carbonyl (C=O) groups excluding carboxylic acids is 1. The minimum absolute atomic E-state index is 0.270. The summed E-state index contributed by atoms with van der Waals surface area (Å²) in [6.45, 7) is 4.88. The summed E-state index contributed by atoms with van der Waals surface area (Å²) in [7, 11) is 0. The Morgan fingerprint density at radius 1 is 1.23 bits per heavy atom. The molecule has 3 rings (SSSR count). The lowest BCUT2D eigenvalue weighted by Crippen LogP contribution is -2.45. The lowest BCUT2D eigenvalue weighted by molar-refractivity contribution is -0.121. The Morgan fingerprint density at radius 3 is 2.63 bits per heavy atom. The number of hydrogen-bond acceptors (Lipinski definition) is 3. The second-order valence-electron chi connectivity index (χ2n) is 7.56. The molecule has 0 bridgehead atoms. The molecule has 1 heterocycles. The first kappa shape index (κ1) is 21.6. The Balaban J connectivity index is 1.60. The molecule has 1 amide bonds. The van der Waals surface area contributed by atoms with Gasteiger partial charge in [0.2, 0.25) is 5.91 Å². The summed E-state index contributed by atoms with van der Waals surface area (Å²) >= 11 is 0. The van der Waals surface area contributed by atoms with Gasteiger partial charge in [0.05, 0.1) is 12.5 Å². The highest BCUT2D eigenvalue weighted by Gasteiger charge is 2.23. The first-order valence-corrected chi connectivity index (χ1v) is 10.4. The smallest absolute Gasteiger partial charge is 0.222 e. The molecule has 160 valence electrons. The van der Waals surface area contributed by atoms with Gasteiger partial charge in [-0.1, -0.05) is 30.3 Å². The van der Waals surface area contributed by atoms with Crippen LogP contribution in [0.3, 0.4) is 0 Å². The minimum Gasteiger partial charge on any atom is -0.369 e. The first-order chi connectivity index (χ1) is 14.5. The van der Waals surface area contributed by atoms with E-state index in [1.54, 1.807) is 12.1 Å². The van der Waals surface area contributed by atoms with Gasteiger partial charge in [-0.2, -0.15) is 0 Å². The number of rotatable bonds is 8. The summed E-state index contributed by atoms with van der Waals surface area (Å²) in [5.74, 6) is -0.472. The minimum atomic E-state index is -0.449. The van der Waals surface area contributed by atoms with Gasteiger partial charge in [-0.25, -0.2) is 4.39 Å². The fourth-order valence-electron chi connectivity index (χ4n) is 3.63. The number of aliphatic imine (C=N–C) groups is 1. The molecule has 1 fully saturated rings. The topological polar surface area (TPSA) is 82.7 Å². The largest absolute Gasteiger partial charge is 0.369 e. The van der Waals surface area contributed by atoms with Gasteiger partial charge in [-0.3, -0.25) is 9.79 Å². The number of hydrogen-bond donors (Lipinski definition) is 3. The zero-order chi connectivity index (χ0) is 21.3. The normalized spacial score (nSPS) is 17.6. The third-order valence-electron chi connectivity index (χ3n) is 5.26. The molecule has 0 aliphatic carbocycles.